The Hall–Kier alpha value is -2.76. The molecule has 1 aromatic carbocycles. The van der Waals surface area contributed by atoms with Crippen LogP contribution in [-0.4, -0.2) is 30.6 Å². The monoisotopic (exact) mass is 329 g/mol. The van der Waals surface area contributed by atoms with Crippen molar-refractivity contribution in [2.24, 2.45) is 0 Å². The second kappa shape index (κ2) is 7.21. The molecule has 0 aliphatic carbocycles. The molecular formula is C18H23N3O3. The molecule has 2 N–H and O–H groups in total. The molecule has 0 radical (unpaired) electrons. The van der Waals surface area contributed by atoms with Gasteiger partial charge in [0.1, 0.15) is 5.69 Å². The molecule has 0 saturated heterocycles. The number of methoxy groups -OCH3 is 2. The summed E-state index contributed by atoms with van der Waals surface area (Å²) >= 11 is 0. The fraction of sp³-hybridized carbons (Fsp3) is 0.333. The molecule has 0 saturated carbocycles. The Morgan fingerprint density at radius 3 is 2.29 bits per heavy atom. The predicted molar refractivity (Wildman–Crippen MR) is 94.3 cm³/mol. The molecule has 6 heteroatoms. The van der Waals surface area contributed by atoms with Crippen molar-refractivity contribution in [1.29, 1.82) is 0 Å². The van der Waals surface area contributed by atoms with Crippen molar-refractivity contribution in [3.63, 3.8) is 0 Å². The van der Waals surface area contributed by atoms with Gasteiger partial charge >= 0.3 is 0 Å². The molecule has 1 aromatic heterocycles. The largest absolute Gasteiger partial charge is 0.493 e. The van der Waals surface area contributed by atoms with Crippen LogP contribution in [0.1, 0.15) is 31.3 Å². The van der Waals surface area contributed by atoms with Gasteiger partial charge in [-0.2, -0.15) is 0 Å². The number of benzene rings is 1. The van der Waals surface area contributed by atoms with Gasteiger partial charge in [0, 0.05) is 29.2 Å². The Morgan fingerprint density at radius 1 is 1.00 bits per heavy atom. The van der Waals surface area contributed by atoms with E-state index in [1.165, 1.54) is 0 Å². The smallest absolute Gasteiger partial charge is 0.270 e. The molecule has 0 atom stereocenters. The lowest BCUT2D eigenvalue weighted by atomic mass is 10.1. The first kappa shape index (κ1) is 17.6. The van der Waals surface area contributed by atoms with Crippen molar-refractivity contribution in [3.05, 3.63) is 42.2 Å². The van der Waals surface area contributed by atoms with Crippen LogP contribution >= 0.6 is 0 Å². The fourth-order valence-electron chi connectivity index (χ4n) is 2.12. The molecule has 128 valence electrons. The number of amides is 1. The third-order valence-corrected chi connectivity index (χ3v) is 3.15. The first-order chi connectivity index (χ1) is 11.3. The van der Waals surface area contributed by atoms with Gasteiger partial charge in [0.25, 0.3) is 5.91 Å². The Bertz CT molecular complexity index is 724. The zero-order valence-electron chi connectivity index (χ0n) is 14.6. The number of carbonyl (C=O) groups excluding carboxylic acids is 1. The van der Waals surface area contributed by atoms with Gasteiger partial charge in [-0.15, -0.1) is 0 Å². The third-order valence-electron chi connectivity index (χ3n) is 3.15. The number of ether oxygens (including phenoxy) is 2. The Labute approximate surface area is 142 Å². The minimum Gasteiger partial charge on any atom is -0.493 e. The molecule has 0 bridgehead atoms. The van der Waals surface area contributed by atoms with Gasteiger partial charge in [-0.25, -0.2) is 0 Å². The lowest BCUT2D eigenvalue weighted by Gasteiger charge is -2.20. The SMILES string of the molecule is COc1ccc(Nc2ccnc(C(=O)NC(C)(C)C)c2)cc1OC. The average Bonchev–Trinajstić information content (AvgIpc) is 2.53. The summed E-state index contributed by atoms with van der Waals surface area (Å²) in [5.41, 5.74) is 1.62. The summed E-state index contributed by atoms with van der Waals surface area (Å²) in [5.74, 6) is 1.07. The van der Waals surface area contributed by atoms with Crippen molar-refractivity contribution in [2.75, 3.05) is 19.5 Å². The topological polar surface area (TPSA) is 72.5 Å². The number of nitrogens with one attached hydrogen (secondary N) is 2. The highest BCUT2D eigenvalue weighted by Crippen LogP contribution is 2.31. The van der Waals surface area contributed by atoms with E-state index < -0.39 is 0 Å². The number of carbonyl (C=O) groups is 1. The fourth-order valence-corrected chi connectivity index (χ4v) is 2.12. The minimum atomic E-state index is -0.314. The second-order valence-electron chi connectivity index (χ2n) is 6.33. The summed E-state index contributed by atoms with van der Waals surface area (Å²) in [7, 11) is 3.18. The van der Waals surface area contributed by atoms with E-state index in [1.54, 1.807) is 32.5 Å². The van der Waals surface area contributed by atoms with Gasteiger partial charge in [0.05, 0.1) is 14.2 Å². The number of anilines is 2. The maximum absolute atomic E-state index is 12.2. The molecule has 2 aromatic rings. The van der Waals surface area contributed by atoms with Gasteiger partial charge in [-0.3, -0.25) is 9.78 Å². The highest BCUT2D eigenvalue weighted by atomic mass is 16.5. The molecule has 1 amide bonds. The van der Waals surface area contributed by atoms with Gasteiger partial charge < -0.3 is 20.1 Å². The normalized spacial score (nSPS) is 10.9. The second-order valence-corrected chi connectivity index (χ2v) is 6.33. The van der Waals surface area contributed by atoms with Crippen molar-refractivity contribution < 1.29 is 14.3 Å². The van der Waals surface area contributed by atoms with Crippen LogP contribution in [0.4, 0.5) is 11.4 Å². The summed E-state index contributed by atoms with van der Waals surface area (Å²) in [6.45, 7) is 5.78. The molecule has 0 aliphatic rings. The molecule has 2 rings (SSSR count). The van der Waals surface area contributed by atoms with E-state index in [4.69, 9.17) is 9.47 Å². The number of rotatable bonds is 5. The first-order valence-corrected chi connectivity index (χ1v) is 7.60. The minimum absolute atomic E-state index is 0.210. The van der Waals surface area contributed by atoms with E-state index in [9.17, 15) is 4.79 Å². The number of nitrogens with zero attached hydrogens (tertiary/aromatic N) is 1. The number of hydrogen-bond acceptors (Lipinski definition) is 5. The van der Waals surface area contributed by atoms with E-state index in [2.05, 4.69) is 15.6 Å². The van der Waals surface area contributed by atoms with Crippen LogP contribution in [0.25, 0.3) is 0 Å². The zero-order valence-corrected chi connectivity index (χ0v) is 14.6. The molecule has 6 nitrogen and oxygen atoms in total. The first-order valence-electron chi connectivity index (χ1n) is 7.60. The van der Waals surface area contributed by atoms with Gasteiger partial charge in [0.15, 0.2) is 11.5 Å². The number of hydrogen-bond donors (Lipinski definition) is 2. The summed E-state index contributed by atoms with van der Waals surface area (Å²) in [6, 6.07) is 9.02. The standard InChI is InChI=1S/C18H23N3O3/c1-18(2,3)21-17(22)14-10-13(8-9-19-14)20-12-6-7-15(23-4)16(11-12)24-5/h6-11H,1-5H3,(H,19,20)(H,21,22). The molecule has 0 unspecified atom stereocenters. The van der Waals surface area contributed by atoms with Crippen LogP contribution in [0.2, 0.25) is 0 Å². The van der Waals surface area contributed by atoms with Crippen LogP contribution in [-0.2, 0) is 0 Å². The summed E-state index contributed by atoms with van der Waals surface area (Å²) < 4.78 is 10.5. The summed E-state index contributed by atoms with van der Waals surface area (Å²) in [4.78, 5) is 16.3. The number of aromatic nitrogens is 1. The number of pyridine rings is 1. The molecule has 0 fully saturated rings. The van der Waals surface area contributed by atoms with E-state index >= 15 is 0 Å². The van der Waals surface area contributed by atoms with Crippen molar-refractivity contribution in [1.82, 2.24) is 10.3 Å². The van der Waals surface area contributed by atoms with Crippen LogP contribution < -0.4 is 20.1 Å². The van der Waals surface area contributed by atoms with Crippen LogP contribution in [0.3, 0.4) is 0 Å². The molecule has 24 heavy (non-hydrogen) atoms. The van der Waals surface area contributed by atoms with Gasteiger partial charge in [-0.1, -0.05) is 0 Å². The van der Waals surface area contributed by atoms with Crippen molar-refractivity contribution in [2.45, 2.75) is 26.3 Å². The average molecular weight is 329 g/mol. The Kier molecular flexibility index (Phi) is 5.28. The van der Waals surface area contributed by atoms with Gasteiger partial charge in [-0.05, 0) is 45.0 Å². The third kappa shape index (κ3) is 4.62. The molecule has 0 spiro atoms. The molecule has 1 heterocycles. The molecule has 0 aliphatic heterocycles. The van der Waals surface area contributed by atoms with Crippen molar-refractivity contribution >= 4 is 17.3 Å². The van der Waals surface area contributed by atoms with E-state index in [0.717, 1.165) is 11.4 Å². The maximum atomic E-state index is 12.2. The summed E-state index contributed by atoms with van der Waals surface area (Å²) in [5, 5.41) is 6.13. The van der Waals surface area contributed by atoms with E-state index in [1.807, 2.05) is 39.0 Å². The van der Waals surface area contributed by atoms with Crippen LogP contribution in [0.5, 0.6) is 11.5 Å². The summed E-state index contributed by atoms with van der Waals surface area (Å²) in [6.07, 6.45) is 1.60. The van der Waals surface area contributed by atoms with E-state index in [-0.39, 0.29) is 11.4 Å². The quantitative estimate of drug-likeness (QED) is 0.880. The van der Waals surface area contributed by atoms with Crippen LogP contribution in [0, 0.1) is 0 Å². The van der Waals surface area contributed by atoms with Gasteiger partial charge in [0.2, 0.25) is 0 Å². The lowest BCUT2D eigenvalue weighted by Crippen LogP contribution is -2.40. The Balaban J connectivity index is 2.19. The van der Waals surface area contributed by atoms with Crippen LogP contribution in [0.15, 0.2) is 36.5 Å². The lowest BCUT2D eigenvalue weighted by molar-refractivity contribution is 0.0914. The maximum Gasteiger partial charge on any atom is 0.270 e. The zero-order chi connectivity index (χ0) is 17.7. The van der Waals surface area contributed by atoms with E-state index in [0.29, 0.717) is 17.2 Å². The Morgan fingerprint density at radius 2 is 1.67 bits per heavy atom. The highest BCUT2D eigenvalue weighted by molar-refractivity contribution is 5.93. The van der Waals surface area contributed by atoms with Crippen molar-refractivity contribution in [3.8, 4) is 11.5 Å². The molecular weight excluding hydrogens is 306 g/mol. The highest BCUT2D eigenvalue weighted by Gasteiger charge is 2.16. The predicted octanol–water partition coefficient (Wildman–Crippen LogP) is 3.37.